The number of amides is 2. The highest BCUT2D eigenvalue weighted by Crippen LogP contribution is 2.19. The highest BCUT2D eigenvalue weighted by Gasteiger charge is 2.31. The van der Waals surface area contributed by atoms with E-state index in [2.05, 4.69) is 10.5 Å². The first-order valence-electron chi connectivity index (χ1n) is 7.11. The first-order valence-corrected chi connectivity index (χ1v) is 7.11. The van der Waals surface area contributed by atoms with E-state index in [1.807, 2.05) is 31.2 Å². The molecule has 6 heteroatoms. The number of rotatable bonds is 3. The van der Waals surface area contributed by atoms with Crippen molar-refractivity contribution < 1.29 is 14.1 Å². The molecular formula is C15H17N3O3. The Balaban J connectivity index is 1.81. The topological polar surface area (TPSA) is 75.4 Å². The van der Waals surface area contributed by atoms with Gasteiger partial charge in [-0.05, 0) is 18.6 Å². The van der Waals surface area contributed by atoms with Crippen LogP contribution in [0.4, 0.5) is 0 Å². The van der Waals surface area contributed by atoms with E-state index >= 15 is 0 Å². The maximum atomic E-state index is 12.5. The third-order valence-corrected chi connectivity index (χ3v) is 3.81. The number of carbonyl (C=O) groups excluding carboxylic acids is 2. The van der Waals surface area contributed by atoms with E-state index in [4.69, 9.17) is 4.52 Å². The van der Waals surface area contributed by atoms with Crippen molar-refractivity contribution in [2.45, 2.75) is 25.8 Å². The lowest BCUT2D eigenvalue weighted by atomic mass is 10.1. The Morgan fingerprint density at radius 1 is 1.48 bits per heavy atom. The Morgan fingerprint density at radius 2 is 2.29 bits per heavy atom. The second-order valence-electron chi connectivity index (χ2n) is 5.10. The van der Waals surface area contributed by atoms with Crippen LogP contribution in [0.1, 0.15) is 19.0 Å². The molecule has 1 fully saturated rings. The molecule has 2 aromatic rings. The van der Waals surface area contributed by atoms with Crippen LogP contribution in [0, 0.1) is 0 Å². The third kappa shape index (κ3) is 2.49. The van der Waals surface area contributed by atoms with Gasteiger partial charge in [-0.15, -0.1) is 0 Å². The SMILES string of the molecule is CCC1C(=O)NCCN1C(=O)Cc1noc2ccccc12. The van der Waals surface area contributed by atoms with Crippen LogP contribution in [-0.4, -0.2) is 41.0 Å². The molecule has 1 N–H and O–H groups in total. The van der Waals surface area contributed by atoms with Gasteiger partial charge in [0.25, 0.3) is 0 Å². The highest BCUT2D eigenvalue weighted by atomic mass is 16.5. The summed E-state index contributed by atoms with van der Waals surface area (Å²) in [4.78, 5) is 25.9. The summed E-state index contributed by atoms with van der Waals surface area (Å²) in [5.41, 5.74) is 1.29. The number of benzene rings is 1. The zero-order chi connectivity index (χ0) is 14.8. The van der Waals surface area contributed by atoms with Crippen molar-refractivity contribution in [3.05, 3.63) is 30.0 Å². The van der Waals surface area contributed by atoms with Crippen LogP contribution < -0.4 is 5.32 Å². The van der Waals surface area contributed by atoms with Crippen LogP contribution in [0.25, 0.3) is 11.0 Å². The smallest absolute Gasteiger partial charge is 0.242 e. The largest absolute Gasteiger partial charge is 0.356 e. The van der Waals surface area contributed by atoms with Crippen LogP contribution in [0.2, 0.25) is 0 Å². The Labute approximate surface area is 122 Å². The van der Waals surface area contributed by atoms with E-state index in [0.717, 1.165) is 5.39 Å². The molecule has 0 spiro atoms. The fraction of sp³-hybridized carbons (Fsp3) is 0.400. The van der Waals surface area contributed by atoms with Crippen molar-refractivity contribution in [3.8, 4) is 0 Å². The number of hydrogen-bond acceptors (Lipinski definition) is 4. The van der Waals surface area contributed by atoms with E-state index in [-0.39, 0.29) is 24.3 Å². The number of carbonyl (C=O) groups is 2. The fourth-order valence-corrected chi connectivity index (χ4v) is 2.73. The molecule has 1 saturated heterocycles. The number of para-hydroxylation sites is 1. The fourth-order valence-electron chi connectivity index (χ4n) is 2.73. The van der Waals surface area contributed by atoms with Crippen molar-refractivity contribution in [3.63, 3.8) is 0 Å². The van der Waals surface area contributed by atoms with Crippen molar-refractivity contribution >= 4 is 22.8 Å². The average Bonchev–Trinajstić information content (AvgIpc) is 2.90. The molecule has 0 bridgehead atoms. The maximum absolute atomic E-state index is 12.5. The number of piperazine rings is 1. The molecule has 1 atom stereocenters. The van der Waals surface area contributed by atoms with Crippen molar-refractivity contribution in [1.82, 2.24) is 15.4 Å². The Morgan fingerprint density at radius 3 is 3.10 bits per heavy atom. The first kappa shape index (κ1) is 13.6. The molecule has 1 aromatic carbocycles. The normalized spacial score (nSPS) is 18.8. The minimum absolute atomic E-state index is 0.0814. The molecule has 0 saturated carbocycles. The summed E-state index contributed by atoms with van der Waals surface area (Å²) in [6.45, 7) is 2.95. The molecular weight excluding hydrogens is 270 g/mol. The molecule has 6 nitrogen and oxygen atoms in total. The summed E-state index contributed by atoms with van der Waals surface area (Å²) in [6, 6.07) is 7.07. The molecule has 1 aromatic heterocycles. The lowest BCUT2D eigenvalue weighted by Gasteiger charge is -2.34. The predicted octanol–water partition coefficient (Wildman–Crippen LogP) is 1.11. The molecule has 110 valence electrons. The summed E-state index contributed by atoms with van der Waals surface area (Å²) in [5.74, 6) is -0.169. The molecule has 1 aliphatic heterocycles. The molecule has 21 heavy (non-hydrogen) atoms. The predicted molar refractivity (Wildman–Crippen MR) is 76.5 cm³/mol. The van der Waals surface area contributed by atoms with Crippen molar-refractivity contribution in [2.75, 3.05) is 13.1 Å². The van der Waals surface area contributed by atoms with Gasteiger partial charge in [0.15, 0.2) is 5.58 Å². The summed E-state index contributed by atoms with van der Waals surface area (Å²) < 4.78 is 5.21. The molecule has 1 aliphatic rings. The minimum Gasteiger partial charge on any atom is -0.356 e. The van der Waals surface area contributed by atoms with Crippen LogP contribution in [0.3, 0.4) is 0 Å². The maximum Gasteiger partial charge on any atom is 0.242 e. The summed E-state index contributed by atoms with van der Waals surface area (Å²) in [5, 5.41) is 7.61. The van der Waals surface area contributed by atoms with Crippen LogP contribution in [0.5, 0.6) is 0 Å². The van der Waals surface area contributed by atoms with Crippen LogP contribution in [0.15, 0.2) is 28.8 Å². The van der Waals surface area contributed by atoms with Crippen molar-refractivity contribution in [1.29, 1.82) is 0 Å². The van der Waals surface area contributed by atoms with E-state index in [1.54, 1.807) is 4.90 Å². The summed E-state index contributed by atoms with van der Waals surface area (Å²) in [6.07, 6.45) is 0.762. The van der Waals surface area contributed by atoms with Gasteiger partial charge in [0, 0.05) is 18.5 Å². The molecule has 2 heterocycles. The molecule has 0 aliphatic carbocycles. The van der Waals surface area contributed by atoms with E-state index < -0.39 is 0 Å². The second kappa shape index (κ2) is 5.55. The zero-order valence-corrected chi connectivity index (χ0v) is 11.8. The lowest BCUT2D eigenvalue weighted by molar-refractivity contribution is -0.142. The van der Waals surface area contributed by atoms with Gasteiger partial charge < -0.3 is 14.7 Å². The van der Waals surface area contributed by atoms with E-state index in [9.17, 15) is 9.59 Å². The number of hydrogen-bond donors (Lipinski definition) is 1. The highest BCUT2D eigenvalue weighted by molar-refractivity contribution is 5.91. The van der Waals surface area contributed by atoms with Crippen molar-refractivity contribution in [2.24, 2.45) is 0 Å². The van der Waals surface area contributed by atoms with Gasteiger partial charge in [0.05, 0.1) is 6.42 Å². The minimum atomic E-state index is -0.385. The number of aromatic nitrogens is 1. The van der Waals surface area contributed by atoms with E-state index in [1.165, 1.54) is 0 Å². The second-order valence-corrected chi connectivity index (χ2v) is 5.10. The summed E-state index contributed by atoms with van der Waals surface area (Å²) in [7, 11) is 0. The zero-order valence-electron chi connectivity index (χ0n) is 11.8. The van der Waals surface area contributed by atoms with Gasteiger partial charge in [-0.1, -0.05) is 24.2 Å². The number of nitrogens with zero attached hydrogens (tertiary/aromatic N) is 2. The van der Waals surface area contributed by atoms with Crippen LogP contribution in [-0.2, 0) is 16.0 Å². The van der Waals surface area contributed by atoms with Gasteiger partial charge in [0.2, 0.25) is 11.8 Å². The molecule has 3 rings (SSSR count). The Bertz CT molecular complexity index is 680. The third-order valence-electron chi connectivity index (χ3n) is 3.81. The quantitative estimate of drug-likeness (QED) is 0.917. The monoisotopic (exact) mass is 287 g/mol. The number of nitrogens with one attached hydrogen (secondary N) is 1. The molecule has 1 unspecified atom stereocenters. The van der Waals surface area contributed by atoms with Gasteiger partial charge in [0.1, 0.15) is 11.7 Å². The van der Waals surface area contributed by atoms with Gasteiger partial charge in [-0.2, -0.15) is 0 Å². The average molecular weight is 287 g/mol. The van der Waals surface area contributed by atoms with Gasteiger partial charge in [-0.3, -0.25) is 9.59 Å². The van der Waals surface area contributed by atoms with Gasteiger partial charge in [-0.25, -0.2) is 0 Å². The molecule has 0 radical (unpaired) electrons. The summed E-state index contributed by atoms with van der Waals surface area (Å²) >= 11 is 0. The van der Waals surface area contributed by atoms with Crippen LogP contribution >= 0.6 is 0 Å². The lowest BCUT2D eigenvalue weighted by Crippen LogP contribution is -2.57. The number of fused-ring (bicyclic) bond motifs is 1. The molecule has 2 amide bonds. The Kier molecular flexibility index (Phi) is 3.60. The Hall–Kier alpha value is -2.37. The van der Waals surface area contributed by atoms with Gasteiger partial charge >= 0.3 is 0 Å². The van der Waals surface area contributed by atoms with E-state index in [0.29, 0.717) is 30.8 Å². The standard InChI is InChI=1S/C15H17N3O3/c1-2-12-15(20)16-7-8-18(12)14(19)9-11-10-5-3-4-6-13(10)21-17-11/h3-6,12H,2,7-9H2,1H3,(H,16,20). The first-order chi connectivity index (χ1) is 10.2.